The van der Waals surface area contributed by atoms with Gasteiger partial charge >= 0.3 is 0 Å². The predicted molar refractivity (Wildman–Crippen MR) is 75.7 cm³/mol. The highest BCUT2D eigenvalue weighted by molar-refractivity contribution is 5.27. The number of ether oxygens (including phenoxy) is 1. The van der Waals surface area contributed by atoms with E-state index in [-0.39, 0.29) is 11.6 Å². The van der Waals surface area contributed by atoms with Crippen molar-refractivity contribution in [3.8, 4) is 0 Å². The van der Waals surface area contributed by atoms with Gasteiger partial charge in [-0.05, 0) is 57.9 Å². The van der Waals surface area contributed by atoms with Gasteiger partial charge in [-0.2, -0.15) is 0 Å². The number of pyridine rings is 1. The number of aromatic nitrogens is 1. The first-order chi connectivity index (χ1) is 8.53. The number of aryl methyl sites for hydroxylation is 1. The third-order valence-corrected chi connectivity index (χ3v) is 3.20. The second-order valence-electron chi connectivity index (χ2n) is 5.16. The van der Waals surface area contributed by atoms with Gasteiger partial charge in [-0.25, -0.2) is 0 Å². The molecule has 1 heterocycles. The zero-order chi connectivity index (χ0) is 13.6. The van der Waals surface area contributed by atoms with E-state index in [0.717, 1.165) is 19.6 Å². The van der Waals surface area contributed by atoms with Gasteiger partial charge in [0.25, 0.3) is 0 Å². The minimum atomic E-state index is -0.238. The monoisotopic (exact) mass is 250 g/mol. The quantitative estimate of drug-likeness (QED) is 0.806. The van der Waals surface area contributed by atoms with E-state index in [2.05, 4.69) is 44.1 Å². The fourth-order valence-corrected chi connectivity index (χ4v) is 2.25. The third-order valence-electron chi connectivity index (χ3n) is 3.20. The van der Waals surface area contributed by atoms with Crippen LogP contribution in [0.1, 0.15) is 51.3 Å². The molecule has 0 fully saturated rings. The molecule has 3 heteroatoms. The first kappa shape index (κ1) is 15.1. The van der Waals surface area contributed by atoms with Gasteiger partial charge in [0.1, 0.15) is 0 Å². The van der Waals surface area contributed by atoms with Crippen LogP contribution in [0.2, 0.25) is 0 Å². The van der Waals surface area contributed by atoms with Crippen molar-refractivity contribution < 1.29 is 4.74 Å². The largest absolute Gasteiger partial charge is 0.374 e. The maximum atomic E-state index is 5.91. The van der Waals surface area contributed by atoms with Crippen LogP contribution in [0.4, 0.5) is 0 Å². The maximum absolute atomic E-state index is 5.91. The van der Waals surface area contributed by atoms with E-state index in [9.17, 15) is 0 Å². The van der Waals surface area contributed by atoms with Gasteiger partial charge in [0, 0.05) is 19.0 Å². The molecule has 18 heavy (non-hydrogen) atoms. The molecule has 0 spiro atoms. The summed E-state index contributed by atoms with van der Waals surface area (Å²) >= 11 is 0. The minimum Gasteiger partial charge on any atom is -0.374 e. The molecule has 0 saturated heterocycles. The molecule has 1 unspecified atom stereocenters. The molecule has 0 bridgehead atoms. The predicted octanol–water partition coefficient (Wildman–Crippen LogP) is 3.25. The van der Waals surface area contributed by atoms with Gasteiger partial charge in [-0.15, -0.1) is 0 Å². The second kappa shape index (κ2) is 6.86. The van der Waals surface area contributed by atoms with Crippen LogP contribution in [0.5, 0.6) is 0 Å². The summed E-state index contributed by atoms with van der Waals surface area (Å²) < 4.78 is 5.91. The summed E-state index contributed by atoms with van der Waals surface area (Å²) in [5.74, 6) is 0. The Bertz CT molecular complexity index is 363. The van der Waals surface area contributed by atoms with Crippen LogP contribution in [0.15, 0.2) is 18.5 Å². The van der Waals surface area contributed by atoms with Crippen LogP contribution in [-0.2, 0) is 4.74 Å². The molecule has 0 radical (unpaired) electrons. The summed E-state index contributed by atoms with van der Waals surface area (Å²) in [6.07, 6.45) is 4.89. The van der Waals surface area contributed by atoms with Gasteiger partial charge in [0.15, 0.2) is 0 Å². The first-order valence-corrected chi connectivity index (χ1v) is 6.80. The highest BCUT2D eigenvalue weighted by Gasteiger charge is 2.31. The van der Waals surface area contributed by atoms with Crippen molar-refractivity contribution in [2.75, 3.05) is 13.2 Å². The molecule has 0 aliphatic rings. The van der Waals surface area contributed by atoms with Crippen molar-refractivity contribution in [3.05, 3.63) is 29.6 Å². The standard InChI is InChI=1S/C15H26N2O/c1-6-9-17-14(15(4,5)18-7-2)13-11-16-10-8-12(13)3/h8,10-11,14,17H,6-7,9H2,1-5H3. The molecule has 0 aromatic carbocycles. The Morgan fingerprint density at radius 3 is 2.67 bits per heavy atom. The number of hydrogen-bond acceptors (Lipinski definition) is 3. The maximum Gasteiger partial charge on any atom is 0.0820 e. The van der Waals surface area contributed by atoms with Gasteiger partial charge < -0.3 is 10.1 Å². The van der Waals surface area contributed by atoms with Crippen LogP contribution in [0, 0.1) is 6.92 Å². The highest BCUT2D eigenvalue weighted by Crippen LogP contribution is 2.30. The Morgan fingerprint density at radius 2 is 2.11 bits per heavy atom. The average Bonchev–Trinajstić information content (AvgIpc) is 2.31. The molecule has 0 aliphatic heterocycles. The molecule has 0 amide bonds. The van der Waals surface area contributed by atoms with Crippen molar-refractivity contribution in [3.63, 3.8) is 0 Å². The third kappa shape index (κ3) is 3.79. The molecule has 1 N–H and O–H groups in total. The Kier molecular flexibility index (Phi) is 5.76. The van der Waals surface area contributed by atoms with Crippen LogP contribution >= 0.6 is 0 Å². The van der Waals surface area contributed by atoms with Crippen molar-refractivity contribution in [2.45, 2.75) is 52.7 Å². The van der Waals surface area contributed by atoms with E-state index < -0.39 is 0 Å². The van der Waals surface area contributed by atoms with Gasteiger partial charge in [0.2, 0.25) is 0 Å². The summed E-state index contributed by atoms with van der Waals surface area (Å²) in [7, 11) is 0. The molecule has 1 aromatic heterocycles. The lowest BCUT2D eigenvalue weighted by Crippen LogP contribution is -2.42. The van der Waals surface area contributed by atoms with Crippen LogP contribution < -0.4 is 5.32 Å². The smallest absolute Gasteiger partial charge is 0.0820 e. The first-order valence-electron chi connectivity index (χ1n) is 6.80. The lowest BCUT2D eigenvalue weighted by Gasteiger charge is -2.35. The molecule has 1 aromatic rings. The van der Waals surface area contributed by atoms with Crippen molar-refractivity contribution in [1.29, 1.82) is 0 Å². The Labute approximate surface area is 111 Å². The number of nitrogens with zero attached hydrogens (tertiary/aromatic N) is 1. The van der Waals surface area contributed by atoms with Crippen LogP contribution in [-0.4, -0.2) is 23.7 Å². The van der Waals surface area contributed by atoms with E-state index in [4.69, 9.17) is 4.74 Å². The fourth-order valence-electron chi connectivity index (χ4n) is 2.25. The molecule has 0 saturated carbocycles. The van der Waals surface area contributed by atoms with Crippen LogP contribution in [0.25, 0.3) is 0 Å². The van der Waals surface area contributed by atoms with E-state index in [1.807, 2.05) is 19.3 Å². The van der Waals surface area contributed by atoms with E-state index in [1.165, 1.54) is 11.1 Å². The van der Waals surface area contributed by atoms with Crippen molar-refractivity contribution in [1.82, 2.24) is 10.3 Å². The van der Waals surface area contributed by atoms with Crippen molar-refractivity contribution >= 4 is 0 Å². The van der Waals surface area contributed by atoms with E-state index in [1.54, 1.807) is 0 Å². The fraction of sp³-hybridized carbons (Fsp3) is 0.667. The summed E-state index contributed by atoms with van der Waals surface area (Å²) in [5, 5.41) is 3.59. The summed E-state index contributed by atoms with van der Waals surface area (Å²) in [6, 6.07) is 2.23. The average molecular weight is 250 g/mol. The minimum absolute atomic E-state index is 0.172. The van der Waals surface area contributed by atoms with Crippen LogP contribution in [0.3, 0.4) is 0 Å². The molecular weight excluding hydrogens is 224 g/mol. The van der Waals surface area contributed by atoms with E-state index >= 15 is 0 Å². The second-order valence-corrected chi connectivity index (χ2v) is 5.16. The topological polar surface area (TPSA) is 34.2 Å². The number of rotatable bonds is 7. The SMILES string of the molecule is CCCNC(c1cnccc1C)C(C)(C)OCC. The summed E-state index contributed by atoms with van der Waals surface area (Å²) in [6.45, 7) is 12.3. The number of hydrogen-bond donors (Lipinski definition) is 1. The zero-order valence-corrected chi connectivity index (χ0v) is 12.3. The van der Waals surface area contributed by atoms with Gasteiger partial charge in [-0.3, -0.25) is 4.98 Å². The summed E-state index contributed by atoms with van der Waals surface area (Å²) in [5.41, 5.74) is 2.24. The normalized spacial score (nSPS) is 13.6. The van der Waals surface area contributed by atoms with Gasteiger partial charge in [0.05, 0.1) is 11.6 Å². The highest BCUT2D eigenvalue weighted by atomic mass is 16.5. The Hall–Kier alpha value is -0.930. The molecule has 3 nitrogen and oxygen atoms in total. The van der Waals surface area contributed by atoms with Gasteiger partial charge in [-0.1, -0.05) is 6.92 Å². The lowest BCUT2D eigenvalue weighted by molar-refractivity contribution is -0.0394. The Morgan fingerprint density at radius 1 is 1.39 bits per heavy atom. The van der Waals surface area contributed by atoms with Crippen molar-refractivity contribution in [2.24, 2.45) is 0 Å². The molecule has 1 atom stereocenters. The zero-order valence-electron chi connectivity index (χ0n) is 12.3. The summed E-state index contributed by atoms with van der Waals surface area (Å²) in [4.78, 5) is 4.25. The Balaban J connectivity index is 3.01. The number of nitrogens with one attached hydrogen (secondary N) is 1. The molecule has 0 aliphatic carbocycles. The molecule has 102 valence electrons. The molecule has 1 rings (SSSR count). The lowest BCUT2D eigenvalue weighted by atomic mass is 9.90. The van der Waals surface area contributed by atoms with E-state index in [0.29, 0.717) is 0 Å². The molecular formula is C15H26N2O.